The second-order valence-electron chi connectivity index (χ2n) is 5.32. The van der Waals surface area contributed by atoms with Crippen LogP contribution in [0.5, 0.6) is 0 Å². The van der Waals surface area contributed by atoms with E-state index in [2.05, 4.69) is 0 Å². The molecule has 0 unspecified atom stereocenters. The van der Waals surface area contributed by atoms with Gasteiger partial charge in [-0.2, -0.15) is 0 Å². The Labute approximate surface area is 135 Å². The summed E-state index contributed by atoms with van der Waals surface area (Å²) in [5.74, 6) is -1.84. The molecule has 0 aromatic rings. The van der Waals surface area contributed by atoms with E-state index in [1.54, 1.807) is 0 Å². The lowest BCUT2D eigenvalue weighted by Crippen LogP contribution is -2.61. The Kier molecular flexibility index (Phi) is 7.88. The minimum absolute atomic E-state index is 0.766. The van der Waals surface area contributed by atoms with Gasteiger partial charge in [0.05, 0.1) is 13.2 Å². The van der Waals surface area contributed by atoms with Crippen molar-refractivity contribution in [2.75, 3.05) is 13.2 Å². The summed E-state index contributed by atoms with van der Waals surface area (Å²) in [6.07, 6.45) is -16.9. The molecule has 24 heavy (non-hydrogen) atoms. The van der Waals surface area contributed by atoms with Gasteiger partial charge in [-0.1, -0.05) is 0 Å². The number of hydrogen-bond acceptors (Lipinski definition) is 11. The van der Waals surface area contributed by atoms with Crippen LogP contribution in [0.15, 0.2) is 0 Å². The molecule has 9 atom stereocenters. The van der Waals surface area contributed by atoms with Gasteiger partial charge in [0.1, 0.15) is 42.7 Å². The molecule has 142 valence electrons. The van der Waals surface area contributed by atoms with E-state index in [0.29, 0.717) is 0 Å². The van der Waals surface area contributed by atoms with Gasteiger partial charge in [0, 0.05) is 0 Å². The van der Waals surface area contributed by atoms with Crippen LogP contribution >= 0.6 is 0 Å². The van der Waals surface area contributed by atoms with Crippen molar-refractivity contribution >= 4 is 5.97 Å². The monoisotopic (exact) mass is 358 g/mol. The van der Waals surface area contributed by atoms with Gasteiger partial charge in [-0.3, -0.25) is 0 Å². The third kappa shape index (κ3) is 4.58. The van der Waals surface area contributed by atoms with Crippen LogP contribution in [0.1, 0.15) is 0 Å². The highest BCUT2D eigenvalue weighted by Crippen LogP contribution is 2.24. The van der Waals surface area contributed by atoms with Gasteiger partial charge in [-0.15, -0.1) is 0 Å². The molecule has 12 nitrogen and oxygen atoms in total. The summed E-state index contributed by atoms with van der Waals surface area (Å²) in [5.41, 5.74) is 0. The topological polar surface area (TPSA) is 218 Å². The molecule has 0 aliphatic carbocycles. The van der Waals surface area contributed by atoms with E-state index in [1.165, 1.54) is 0 Å². The van der Waals surface area contributed by atoms with Gasteiger partial charge < -0.3 is 55.4 Å². The first kappa shape index (κ1) is 21.1. The molecule has 9 N–H and O–H groups in total. The minimum atomic E-state index is -2.39. The van der Waals surface area contributed by atoms with Crippen LogP contribution in [-0.2, 0) is 14.3 Å². The Bertz CT molecular complexity index is 403. The van der Waals surface area contributed by atoms with Crippen molar-refractivity contribution in [2.45, 2.75) is 55.1 Å². The Morgan fingerprint density at radius 1 is 1.04 bits per heavy atom. The van der Waals surface area contributed by atoms with Crippen LogP contribution in [0.3, 0.4) is 0 Å². The fraction of sp³-hybridized carbons (Fsp3) is 0.917. The van der Waals surface area contributed by atoms with Gasteiger partial charge in [-0.25, -0.2) is 4.79 Å². The second-order valence-corrected chi connectivity index (χ2v) is 5.32. The zero-order chi connectivity index (χ0) is 18.6. The normalized spacial score (nSPS) is 35.9. The molecule has 0 spiro atoms. The third-order valence-corrected chi connectivity index (χ3v) is 3.62. The fourth-order valence-electron chi connectivity index (χ4n) is 2.16. The molecule has 1 aliphatic heterocycles. The average Bonchev–Trinajstić information content (AvgIpc) is 2.57. The Morgan fingerprint density at radius 3 is 2.08 bits per heavy atom. The van der Waals surface area contributed by atoms with E-state index >= 15 is 0 Å². The van der Waals surface area contributed by atoms with Crippen molar-refractivity contribution < 1.29 is 60.2 Å². The number of carboxylic acids is 1. The molecule has 0 radical (unpaired) electrons. The van der Waals surface area contributed by atoms with Crippen molar-refractivity contribution in [2.24, 2.45) is 0 Å². The molecule has 0 aromatic carbocycles. The molecule has 1 saturated heterocycles. The van der Waals surface area contributed by atoms with Gasteiger partial charge in [0.2, 0.25) is 0 Å². The maximum atomic E-state index is 10.7. The maximum Gasteiger partial charge on any atom is 0.335 e. The quantitative estimate of drug-likeness (QED) is 0.198. The standard InChI is InChI=1S/C12H22O12/c13-1-3(15)10(7(18)8(19)11(21)22)24-12-9(20)6(17)5(16)4(2-14)23-12/h3-10,12-20H,1-2H2,(H,21,22)/t3-,4-,5+,6+,7+,8-,9-,10-,12+/m1/s1. The molecule has 1 rings (SSSR count). The highest BCUT2D eigenvalue weighted by Gasteiger charge is 2.47. The van der Waals surface area contributed by atoms with E-state index in [-0.39, 0.29) is 0 Å². The summed E-state index contributed by atoms with van der Waals surface area (Å²) in [4.78, 5) is 10.7. The molecule has 0 bridgehead atoms. The van der Waals surface area contributed by atoms with Crippen molar-refractivity contribution in [3.05, 3.63) is 0 Å². The van der Waals surface area contributed by atoms with Gasteiger partial charge in [0.25, 0.3) is 0 Å². The maximum absolute atomic E-state index is 10.7. The third-order valence-electron chi connectivity index (χ3n) is 3.62. The summed E-state index contributed by atoms with van der Waals surface area (Å²) in [7, 11) is 0. The molecular formula is C12H22O12. The first-order valence-corrected chi connectivity index (χ1v) is 6.99. The van der Waals surface area contributed by atoms with Crippen molar-refractivity contribution in [1.29, 1.82) is 0 Å². The van der Waals surface area contributed by atoms with E-state index in [0.717, 1.165) is 0 Å². The largest absolute Gasteiger partial charge is 0.479 e. The zero-order valence-electron chi connectivity index (χ0n) is 12.4. The van der Waals surface area contributed by atoms with Crippen molar-refractivity contribution in [3.8, 4) is 0 Å². The number of carbonyl (C=O) groups is 1. The second kappa shape index (κ2) is 8.96. The van der Waals surface area contributed by atoms with Gasteiger partial charge in [-0.05, 0) is 0 Å². The van der Waals surface area contributed by atoms with E-state index < -0.39 is 74.3 Å². The summed E-state index contributed by atoms with van der Waals surface area (Å²) >= 11 is 0. The number of aliphatic hydroxyl groups excluding tert-OH is 8. The number of hydrogen-bond donors (Lipinski definition) is 9. The van der Waals surface area contributed by atoms with Crippen molar-refractivity contribution in [1.82, 2.24) is 0 Å². The smallest absolute Gasteiger partial charge is 0.335 e. The number of rotatable bonds is 8. The first-order valence-electron chi connectivity index (χ1n) is 6.99. The van der Waals surface area contributed by atoms with Gasteiger partial charge in [0.15, 0.2) is 12.4 Å². The molecule has 0 saturated carbocycles. The van der Waals surface area contributed by atoms with E-state index in [1.807, 2.05) is 0 Å². The molecular weight excluding hydrogens is 336 g/mol. The van der Waals surface area contributed by atoms with Gasteiger partial charge >= 0.3 is 5.97 Å². The lowest BCUT2D eigenvalue weighted by atomic mass is 9.98. The number of aliphatic hydroxyl groups is 8. The van der Waals surface area contributed by atoms with E-state index in [4.69, 9.17) is 24.8 Å². The molecule has 1 heterocycles. The summed E-state index contributed by atoms with van der Waals surface area (Å²) < 4.78 is 9.98. The lowest BCUT2D eigenvalue weighted by Gasteiger charge is -2.42. The average molecular weight is 358 g/mol. The Balaban J connectivity index is 2.94. The number of aliphatic carboxylic acids is 1. The predicted molar refractivity (Wildman–Crippen MR) is 71.4 cm³/mol. The zero-order valence-corrected chi connectivity index (χ0v) is 12.4. The summed E-state index contributed by atoms with van der Waals surface area (Å²) in [6, 6.07) is 0. The van der Waals surface area contributed by atoms with Crippen LogP contribution < -0.4 is 0 Å². The molecule has 12 heteroatoms. The van der Waals surface area contributed by atoms with Crippen LogP contribution in [0.2, 0.25) is 0 Å². The van der Waals surface area contributed by atoms with Crippen LogP contribution in [0.25, 0.3) is 0 Å². The highest BCUT2D eigenvalue weighted by molar-refractivity contribution is 5.72. The van der Waals surface area contributed by atoms with Crippen LogP contribution in [0.4, 0.5) is 0 Å². The van der Waals surface area contributed by atoms with Crippen molar-refractivity contribution in [3.63, 3.8) is 0 Å². The first-order chi connectivity index (χ1) is 11.1. The Morgan fingerprint density at radius 2 is 1.62 bits per heavy atom. The lowest BCUT2D eigenvalue weighted by molar-refractivity contribution is -0.326. The summed E-state index contributed by atoms with van der Waals surface area (Å²) in [5, 5.41) is 84.5. The number of ether oxygens (including phenoxy) is 2. The SMILES string of the molecule is O=C(O)[C@H](O)[C@H](O)[C@H](O[C@@H]1O[C@H](CO)[C@H](O)[C@H](O)[C@H]1O)[C@H](O)CO. The van der Waals surface area contributed by atoms with E-state index in [9.17, 15) is 35.4 Å². The highest BCUT2D eigenvalue weighted by atomic mass is 16.7. The molecule has 0 aromatic heterocycles. The predicted octanol–water partition coefficient (Wildman–Crippen LogP) is -5.67. The van der Waals surface area contributed by atoms with Crippen LogP contribution in [-0.4, -0.2) is 120 Å². The fourth-order valence-corrected chi connectivity index (χ4v) is 2.16. The molecule has 1 aliphatic rings. The van der Waals surface area contributed by atoms with Crippen LogP contribution in [0, 0.1) is 0 Å². The molecule has 0 amide bonds. The number of carboxylic acid groups (broad SMARTS) is 1. The Hall–Kier alpha value is -0.930. The minimum Gasteiger partial charge on any atom is -0.479 e. The summed E-state index contributed by atoms with van der Waals surface area (Å²) in [6.45, 7) is -1.76. The molecule has 1 fully saturated rings.